The minimum atomic E-state index is -0.519. The highest BCUT2D eigenvalue weighted by atomic mass is 16.5. The Morgan fingerprint density at radius 1 is 1.43 bits per heavy atom. The van der Waals surface area contributed by atoms with Crippen LogP contribution < -0.4 is 11.1 Å². The summed E-state index contributed by atoms with van der Waals surface area (Å²) < 4.78 is 10.9. The van der Waals surface area contributed by atoms with Crippen LogP contribution in [0.5, 0.6) is 0 Å². The first-order valence-electron chi connectivity index (χ1n) is 7.09. The molecule has 0 radical (unpaired) electrons. The van der Waals surface area contributed by atoms with Crippen LogP contribution in [0.25, 0.3) is 0 Å². The number of hydrogen-bond acceptors (Lipinski definition) is 4. The van der Waals surface area contributed by atoms with Crippen molar-refractivity contribution in [2.75, 3.05) is 24.8 Å². The van der Waals surface area contributed by atoms with Gasteiger partial charge in [0.1, 0.15) is 6.10 Å². The maximum absolute atomic E-state index is 12.1. The lowest BCUT2D eigenvalue weighted by molar-refractivity contribution is -0.127. The summed E-state index contributed by atoms with van der Waals surface area (Å²) in [5, 5.41) is 2.85. The second-order valence-corrected chi connectivity index (χ2v) is 5.79. The number of carbonyl (C=O) groups is 1. The standard InChI is InChI=1S/C16H26N2O3/c1-11-10-13(17)6-7-14(11)18-15(19)12(2)21-9-8-16(3,4)20-5/h6-7,10,12H,8-9,17H2,1-5H3,(H,18,19). The Balaban J connectivity index is 2.48. The first kappa shape index (κ1) is 17.5. The van der Waals surface area contributed by atoms with E-state index in [0.717, 1.165) is 17.7 Å². The fourth-order valence-corrected chi connectivity index (χ4v) is 1.72. The fourth-order valence-electron chi connectivity index (χ4n) is 1.72. The molecule has 1 aromatic rings. The third-order valence-electron chi connectivity index (χ3n) is 3.50. The molecule has 0 aliphatic rings. The minimum absolute atomic E-state index is 0.168. The molecule has 0 spiro atoms. The highest BCUT2D eigenvalue weighted by Crippen LogP contribution is 2.18. The molecule has 0 fully saturated rings. The third kappa shape index (κ3) is 5.73. The van der Waals surface area contributed by atoms with Gasteiger partial charge in [-0.2, -0.15) is 0 Å². The number of hydrogen-bond donors (Lipinski definition) is 2. The average Bonchev–Trinajstić information content (AvgIpc) is 2.41. The maximum atomic E-state index is 12.1. The maximum Gasteiger partial charge on any atom is 0.253 e. The van der Waals surface area contributed by atoms with E-state index in [0.29, 0.717) is 12.3 Å². The molecule has 0 bridgehead atoms. The van der Waals surface area contributed by atoms with Gasteiger partial charge in [0.05, 0.1) is 12.2 Å². The van der Waals surface area contributed by atoms with E-state index in [1.165, 1.54) is 0 Å². The second-order valence-electron chi connectivity index (χ2n) is 5.79. The molecule has 1 amide bonds. The molecule has 118 valence electrons. The Hall–Kier alpha value is -1.59. The van der Waals surface area contributed by atoms with Crippen LogP contribution in [0.1, 0.15) is 32.8 Å². The Bertz CT molecular complexity index is 486. The lowest BCUT2D eigenvalue weighted by atomic mass is 10.1. The summed E-state index contributed by atoms with van der Waals surface area (Å²) in [4.78, 5) is 12.1. The van der Waals surface area contributed by atoms with E-state index in [1.807, 2.05) is 26.8 Å². The number of nitrogens with two attached hydrogens (primary N) is 1. The fraction of sp³-hybridized carbons (Fsp3) is 0.562. The minimum Gasteiger partial charge on any atom is -0.399 e. The summed E-state index contributed by atoms with van der Waals surface area (Å²) in [6.45, 7) is 8.08. The first-order chi connectivity index (χ1) is 9.75. The number of rotatable bonds is 7. The van der Waals surface area contributed by atoms with Crippen LogP contribution in [-0.2, 0) is 14.3 Å². The van der Waals surface area contributed by atoms with E-state index in [9.17, 15) is 4.79 Å². The molecule has 5 heteroatoms. The van der Waals surface area contributed by atoms with Gasteiger partial charge in [0, 0.05) is 18.5 Å². The Labute approximate surface area is 126 Å². The van der Waals surface area contributed by atoms with Crippen molar-refractivity contribution in [2.24, 2.45) is 0 Å². The van der Waals surface area contributed by atoms with Crippen molar-refractivity contribution in [2.45, 2.75) is 45.8 Å². The van der Waals surface area contributed by atoms with Gasteiger partial charge in [0.2, 0.25) is 0 Å². The number of ether oxygens (including phenoxy) is 2. The van der Waals surface area contributed by atoms with Crippen LogP contribution in [0.15, 0.2) is 18.2 Å². The first-order valence-corrected chi connectivity index (χ1v) is 7.09. The molecular weight excluding hydrogens is 268 g/mol. The molecule has 3 N–H and O–H groups in total. The van der Waals surface area contributed by atoms with Gasteiger partial charge < -0.3 is 20.5 Å². The number of aryl methyl sites for hydroxylation is 1. The molecule has 0 saturated carbocycles. The third-order valence-corrected chi connectivity index (χ3v) is 3.50. The van der Waals surface area contributed by atoms with Gasteiger partial charge in [-0.3, -0.25) is 4.79 Å². The zero-order valence-corrected chi connectivity index (χ0v) is 13.5. The van der Waals surface area contributed by atoms with E-state index >= 15 is 0 Å². The molecule has 21 heavy (non-hydrogen) atoms. The van der Waals surface area contributed by atoms with Crippen molar-refractivity contribution >= 4 is 17.3 Å². The number of anilines is 2. The molecule has 0 heterocycles. The van der Waals surface area contributed by atoms with Gasteiger partial charge in [0.15, 0.2) is 0 Å². The Kier molecular flexibility index (Phi) is 6.18. The number of methoxy groups -OCH3 is 1. The number of nitrogen functional groups attached to an aromatic ring is 1. The summed E-state index contributed by atoms with van der Waals surface area (Å²) in [5.74, 6) is -0.168. The van der Waals surface area contributed by atoms with Gasteiger partial charge in [0.25, 0.3) is 5.91 Å². The van der Waals surface area contributed by atoms with Gasteiger partial charge in [-0.1, -0.05) is 0 Å². The molecule has 0 aromatic heterocycles. The van der Waals surface area contributed by atoms with Crippen molar-refractivity contribution in [1.82, 2.24) is 0 Å². The van der Waals surface area contributed by atoms with Crippen LogP contribution >= 0.6 is 0 Å². The van der Waals surface area contributed by atoms with Crippen molar-refractivity contribution in [1.29, 1.82) is 0 Å². The summed E-state index contributed by atoms with van der Waals surface area (Å²) in [6, 6.07) is 5.38. The molecule has 0 saturated heterocycles. The van der Waals surface area contributed by atoms with Gasteiger partial charge in [-0.25, -0.2) is 0 Å². The number of amides is 1. The Morgan fingerprint density at radius 2 is 2.10 bits per heavy atom. The smallest absolute Gasteiger partial charge is 0.253 e. The topological polar surface area (TPSA) is 73.6 Å². The lowest BCUT2D eigenvalue weighted by Crippen LogP contribution is -2.31. The highest BCUT2D eigenvalue weighted by molar-refractivity contribution is 5.94. The van der Waals surface area contributed by atoms with Gasteiger partial charge in [-0.05, 0) is 57.9 Å². The van der Waals surface area contributed by atoms with Gasteiger partial charge >= 0.3 is 0 Å². The second kappa shape index (κ2) is 7.43. The van der Waals surface area contributed by atoms with Crippen molar-refractivity contribution in [3.05, 3.63) is 23.8 Å². The molecule has 5 nitrogen and oxygen atoms in total. The van der Waals surface area contributed by atoms with Crippen molar-refractivity contribution in [3.8, 4) is 0 Å². The van der Waals surface area contributed by atoms with E-state index < -0.39 is 6.10 Å². The SMILES string of the molecule is COC(C)(C)CCOC(C)C(=O)Nc1ccc(N)cc1C. The predicted molar refractivity (Wildman–Crippen MR) is 85.3 cm³/mol. The zero-order chi connectivity index (χ0) is 16.0. The summed E-state index contributed by atoms with van der Waals surface area (Å²) in [6.07, 6.45) is 0.205. The van der Waals surface area contributed by atoms with Crippen molar-refractivity contribution in [3.63, 3.8) is 0 Å². The van der Waals surface area contributed by atoms with Crippen LogP contribution in [0.2, 0.25) is 0 Å². The molecule has 1 rings (SSSR count). The van der Waals surface area contributed by atoms with E-state index in [4.69, 9.17) is 15.2 Å². The monoisotopic (exact) mass is 294 g/mol. The van der Waals surface area contributed by atoms with Crippen LogP contribution in [0.3, 0.4) is 0 Å². The normalized spacial score (nSPS) is 13.0. The number of benzene rings is 1. The van der Waals surface area contributed by atoms with E-state index in [-0.39, 0.29) is 11.5 Å². The molecular formula is C16H26N2O3. The molecule has 0 aliphatic carbocycles. The highest BCUT2D eigenvalue weighted by Gasteiger charge is 2.19. The lowest BCUT2D eigenvalue weighted by Gasteiger charge is -2.23. The van der Waals surface area contributed by atoms with Crippen LogP contribution in [0.4, 0.5) is 11.4 Å². The number of nitrogens with one attached hydrogen (secondary N) is 1. The molecule has 1 aromatic carbocycles. The van der Waals surface area contributed by atoms with E-state index in [2.05, 4.69) is 5.32 Å². The Morgan fingerprint density at radius 3 is 2.67 bits per heavy atom. The summed E-state index contributed by atoms with van der Waals surface area (Å²) >= 11 is 0. The molecule has 0 aliphatic heterocycles. The quantitative estimate of drug-likeness (QED) is 0.758. The average molecular weight is 294 g/mol. The van der Waals surface area contributed by atoms with Crippen LogP contribution in [0, 0.1) is 6.92 Å². The summed E-state index contributed by atoms with van der Waals surface area (Å²) in [5.41, 5.74) is 7.80. The summed E-state index contributed by atoms with van der Waals surface area (Å²) in [7, 11) is 1.67. The van der Waals surface area contributed by atoms with Crippen LogP contribution in [-0.4, -0.2) is 31.3 Å². The van der Waals surface area contributed by atoms with Gasteiger partial charge in [-0.15, -0.1) is 0 Å². The van der Waals surface area contributed by atoms with Crippen molar-refractivity contribution < 1.29 is 14.3 Å². The molecule has 1 unspecified atom stereocenters. The van der Waals surface area contributed by atoms with E-state index in [1.54, 1.807) is 26.2 Å². The zero-order valence-electron chi connectivity index (χ0n) is 13.5. The largest absolute Gasteiger partial charge is 0.399 e. The predicted octanol–water partition coefficient (Wildman–Crippen LogP) is 2.74. The number of carbonyl (C=O) groups excluding carboxylic acids is 1. The molecule has 1 atom stereocenters.